The Morgan fingerprint density at radius 2 is 1.89 bits per heavy atom. The van der Waals surface area contributed by atoms with Crippen molar-refractivity contribution in [2.75, 3.05) is 0 Å². The lowest BCUT2D eigenvalue weighted by Crippen LogP contribution is -2.35. The van der Waals surface area contributed by atoms with Gasteiger partial charge in [-0.05, 0) is 45.4 Å². The van der Waals surface area contributed by atoms with E-state index >= 15 is 0 Å². The third kappa shape index (κ3) is 5.19. The number of rotatable bonds is 5. The molecule has 1 aromatic rings. The number of carbonyl (C=O) groups excluding carboxylic acids is 1. The molecule has 0 bridgehead atoms. The highest BCUT2D eigenvalue weighted by atomic mass is 16.5. The first kappa shape index (κ1) is 14.5. The number of nitrogens with two attached hydrogens (primary N) is 1. The van der Waals surface area contributed by atoms with E-state index in [4.69, 9.17) is 10.5 Å². The highest BCUT2D eigenvalue weighted by Crippen LogP contribution is 2.14. The summed E-state index contributed by atoms with van der Waals surface area (Å²) in [5.41, 5.74) is 6.40. The Bertz CT molecular complexity index is 393. The molecule has 0 heterocycles. The quantitative estimate of drug-likeness (QED) is 0.838. The zero-order chi connectivity index (χ0) is 13.8. The van der Waals surface area contributed by atoms with Crippen molar-refractivity contribution < 1.29 is 9.53 Å². The third-order valence-electron chi connectivity index (χ3n) is 2.46. The molecular formula is C14H22N2O2. The second-order valence-corrected chi connectivity index (χ2v) is 5.41. The van der Waals surface area contributed by atoms with Gasteiger partial charge in [-0.15, -0.1) is 0 Å². The summed E-state index contributed by atoms with van der Waals surface area (Å²) in [6.07, 6.45) is -0.608. The van der Waals surface area contributed by atoms with Crippen LogP contribution in [0.4, 0.5) is 0 Å². The van der Waals surface area contributed by atoms with Crippen molar-refractivity contribution in [3.8, 4) is 5.75 Å². The maximum Gasteiger partial charge on any atom is 0.258 e. The summed E-state index contributed by atoms with van der Waals surface area (Å²) in [5, 5.41) is 3.40. The number of primary amides is 1. The van der Waals surface area contributed by atoms with Gasteiger partial charge in [-0.2, -0.15) is 0 Å². The highest BCUT2D eigenvalue weighted by Gasteiger charge is 2.10. The van der Waals surface area contributed by atoms with Gasteiger partial charge in [-0.3, -0.25) is 4.79 Å². The Hall–Kier alpha value is -1.55. The highest BCUT2D eigenvalue weighted by molar-refractivity contribution is 5.78. The Kier molecular flexibility index (Phi) is 4.73. The van der Waals surface area contributed by atoms with E-state index < -0.39 is 12.0 Å². The van der Waals surface area contributed by atoms with Crippen molar-refractivity contribution >= 4 is 5.91 Å². The zero-order valence-electron chi connectivity index (χ0n) is 11.5. The van der Waals surface area contributed by atoms with Crippen LogP contribution in [0.5, 0.6) is 5.75 Å². The summed E-state index contributed by atoms with van der Waals surface area (Å²) in [5.74, 6) is 0.189. The lowest BCUT2D eigenvalue weighted by atomic mass is 10.1. The number of hydrogen-bond donors (Lipinski definition) is 2. The second kappa shape index (κ2) is 5.87. The molecule has 100 valence electrons. The molecule has 4 heteroatoms. The van der Waals surface area contributed by atoms with Crippen molar-refractivity contribution in [1.82, 2.24) is 5.32 Å². The van der Waals surface area contributed by atoms with Gasteiger partial charge in [0.15, 0.2) is 6.10 Å². The van der Waals surface area contributed by atoms with Gasteiger partial charge in [-0.25, -0.2) is 0 Å². The first-order valence-electron chi connectivity index (χ1n) is 6.08. The molecule has 0 aliphatic carbocycles. The largest absolute Gasteiger partial charge is 0.481 e. The molecule has 1 unspecified atom stereocenters. The van der Waals surface area contributed by atoms with Crippen molar-refractivity contribution in [3.63, 3.8) is 0 Å². The van der Waals surface area contributed by atoms with Crippen LogP contribution in [0, 0.1) is 0 Å². The lowest BCUT2D eigenvalue weighted by Gasteiger charge is -2.20. The Morgan fingerprint density at radius 3 is 2.33 bits per heavy atom. The maximum atomic E-state index is 10.9. The van der Waals surface area contributed by atoms with Gasteiger partial charge >= 0.3 is 0 Å². The maximum absolute atomic E-state index is 10.9. The number of amides is 1. The van der Waals surface area contributed by atoms with Crippen LogP contribution in [0.25, 0.3) is 0 Å². The minimum absolute atomic E-state index is 0.0929. The molecule has 0 saturated carbocycles. The summed E-state index contributed by atoms with van der Waals surface area (Å²) >= 11 is 0. The molecule has 1 aromatic carbocycles. The summed E-state index contributed by atoms with van der Waals surface area (Å²) < 4.78 is 5.38. The van der Waals surface area contributed by atoms with Gasteiger partial charge in [0.25, 0.3) is 5.91 Å². The van der Waals surface area contributed by atoms with E-state index in [1.54, 1.807) is 6.92 Å². The van der Waals surface area contributed by atoms with Gasteiger partial charge < -0.3 is 15.8 Å². The van der Waals surface area contributed by atoms with Crippen molar-refractivity contribution in [1.29, 1.82) is 0 Å². The molecule has 0 aliphatic rings. The fourth-order valence-electron chi connectivity index (χ4n) is 1.32. The molecule has 3 N–H and O–H groups in total. The molecular weight excluding hydrogens is 228 g/mol. The summed E-state index contributed by atoms with van der Waals surface area (Å²) in [4.78, 5) is 10.9. The van der Waals surface area contributed by atoms with Crippen LogP contribution in [-0.2, 0) is 11.3 Å². The van der Waals surface area contributed by atoms with Crippen molar-refractivity contribution in [3.05, 3.63) is 29.8 Å². The summed E-state index contributed by atoms with van der Waals surface area (Å²) in [7, 11) is 0. The predicted octanol–water partition coefficient (Wildman–Crippen LogP) is 1.83. The van der Waals surface area contributed by atoms with Crippen LogP contribution in [0.15, 0.2) is 24.3 Å². The monoisotopic (exact) mass is 250 g/mol. The van der Waals surface area contributed by atoms with Crippen molar-refractivity contribution in [2.24, 2.45) is 5.73 Å². The first-order valence-corrected chi connectivity index (χ1v) is 6.08. The summed E-state index contributed by atoms with van der Waals surface area (Å²) in [6, 6.07) is 7.64. The molecule has 1 atom stereocenters. The fourth-order valence-corrected chi connectivity index (χ4v) is 1.32. The van der Waals surface area contributed by atoms with Gasteiger partial charge in [0, 0.05) is 12.1 Å². The SMILES string of the molecule is CC(Oc1ccc(CNC(C)(C)C)cc1)C(N)=O. The Morgan fingerprint density at radius 1 is 1.33 bits per heavy atom. The fraction of sp³-hybridized carbons (Fsp3) is 0.500. The van der Waals surface area contributed by atoms with E-state index in [1.165, 1.54) is 5.56 Å². The van der Waals surface area contributed by atoms with Crippen LogP contribution in [0.1, 0.15) is 33.3 Å². The first-order chi connectivity index (χ1) is 8.28. The van der Waals surface area contributed by atoms with Gasteiger partial charge in [-0.1, -0.05) is 12.1 Å². The van der Waals surface area contributed by atoms with E-state index in [0.717, 1.165) is 6.54 Å². The number of benzene rings is 1. The smallest absolute Gasteiger partial charge is 0.258 e. The van der Waals surface area contributed by atoms with Crippen molar-refractivity contribution in [2.45, 2.75) is 45.9 Å². The minimum atomic E-state index is -0.608. The van der Waals surface area contributed by atoms with Crippen LogP contribution < -0.4 is 15.8 Å². The average molecular weight is 250 g/mol. The number of hydrogen-bond acceptors (Lipinski definition) is 3. The second-order valence-electron chi connectivity index (χ2n) is 5.41. The molecule has 4 nitrogen and oxygen atoms in total. The third-order valence-corrected chi connectivity index (χ3v) is 2.46. The number of nitrogens with one attached hydrogen (secondary N) is 1. The molecule has 0 fully saturated rings. The normalized spacial score (nSPS) is 13.1. The molecule has 0 saturated heterocycles. The number of ether oxygens (including phenoxy) is 1. The van der Waals surface area contributed by atoms with Gasteiger partial charge in [0.2, 0.25) is 0 Å². The molecule has 1 rings (SSSR count). The van der Waals surface area contributed by atoms with E-state index in [9.17, 15) is 4.79 Å². The molecule has 0 spiro atoms. The topological polar surface area (TPSA) is 64.3 Å². The average Bonchev–Trinajstić information content (AvgIpc) is 2.27. The van der Waals surface area contributed by atoms with Crippen LogP contribution >= 0.6 is 0 Å². The van der Waals surface area contributed by atoms with Crippen LogP contribution in [-0.4, -0.2) is 17.6 Å². The molecule has 18 heavy (non-hydrogen) atoms. The number of carbonyl (C=O) groups is 1. The minimum Gasteiger partial charge on any atom is -0.481 e. The Balaban J connectivity index is 2.55. The van der Waals surface area contributed by atoms with E-state index in [2.05, 4.69) is 26.1 Å². The Labute approximate surface area is 109 Å². The van der Waals surface area contributed by atoms with E-state index in [1.807, 2.05) is 24.3 Å². The van der Waals surface area contributed by atoms with Gasteiger partial charge in [0.1, 0.15) is 5.75 Å². The molecule has 0 aromatic heterocycles. The van der Waals surface area contributed by atoms with Gasteiger partial charge in [0.05, 0.1) is 0 Å². The molecule has 0 aliphatic heterocycles. The van der Waals surface area contributed by atoms with E-state index in [-0.39, 0.29) is 5.54 Å². The summed E-state index contributed by atoms with van der Waals surface area (Å²) in [6.45, 7) is 8.81. The predicted molar refractivity (Wildman–Crippen MR) is 72.3 cm³/mol. The van der Waals surface area contributed by atoms with Crippen LogP contribution in [0.2, 0.25) is 0 Å². The lowest BCUT2D eigenvalue weighted by molar-refractivity contribution is -0.123. The molecule has 0 radical (unpaired) electrons. The zero-order valence-corrected chi connectivity index (χ0v) is 11.5. The standard InChI is InChI=1S/C14H22N2O2/c1-10(13(15)17)18-12-7-5-11(6-8-12)9-16-14(2,3)4/h5-8,10,16H,9H2,1-4H3,(H2,15,17). The van der Waals surface area contributed by atoms with E-state index in [0.29, 0.717) is 5.75 Å². The molecule has 1 amide bonds. The van der Waals surface area contributed by atoms with Crippen LogP contribution in [0.3, 0.4) is 0 Å².